The molecule has 1 aromatic carbocycles. The van der Waals surface area contributed by atoms with Crippen LogP contribution in [0.5, 0.6) is 0 Å². The summed E-state index contributed by atoms with van der Waals surface area (Å²) in [6, 6.07) is 9.82. The second kappa shape index (κ2) is 7.40. The predicted octanol–water partition coefficient (Wildman–Crippen LogP) is 3.14. The van der Waals surface area contributed by atoms with Crippen LogP contribution in [0.4, 0.5) is 0 Å². The van der Waals surface area contributed by atoms with Crippen molar-refractivity contribution in [3.63, 3.8) is 0 Å². The molecule has 0 N–H and O–H groups in total. The van der Waals surface area contributed by atoms with Crippen LogP contribution >= 0.6 is 11.3 Å². The highest BCUT2D eigenvalue weighted by atomic mass is 32.1. The molecule has 22 heavy (non-hydrogen) atoms. The number of hydrogen-bond acceptors (Lipinski definition) is 3. The van der Waals surface area contributed by atoms with Crippen molar-refractivity contribution in [1.29, 1.82) is 0 Å². The average molecular weight is 318 g/mol. The number of amides is 1. The van der Waals surface area contributed by atoms with Gasteiger partial charge in [0.05, 0.1) is 6.54 Å². The summed E-state index contributed by atoms with van der Waals surface area (Å²) in [4.78, 5) is 26.9. The van der Waals surface area contributed by atoms with E-state index in [0.717, 1.165) is 42.0 Å². The molecule has 0 aliphatic rings. The van der Waals surface area contributed by atoms with Gasteiger partial charge in [0.1, 0.15) is 4.88 Å². The number of unbranched alkanes of at least 4 members (excludes halogenated alkanes) is 1. The molecule has 0 bridgehead atoms. The van der Waals surface area contributed by atoms with Gasteiger partial charge in [-0.2, -0.15) is 0 Å². The Morgan fingerprint density at radius 1 is 1.27 bits per heavy atom. The molecule has 1 amide bonds. The lowest BCUT2D eigenvalue weighted by atomic mass is 10.2. The minimum absolute atomic E-state index is 0.0557. The fourth-order valence-corrected chi connectivity index (χ4v) is 3.28. The van der Waals surface area contributed by atoms with Crippen molar-refractivity contribution >= 4 is 17.2 Å². The molecule has 0 saturated carbocycles. The second-order valence-electron chi connectivity index (χ2n) is 5.43. The van der Waals surface area contributed by atoms with Gasteiger partial charge in [-0.3, -0.25) is 14.2 Å². The summed E-state index contributed by atoms with van der Waals surface area (Å²) in [7, 11) is 1.79. The average Bonchev–Trinajstić information content (AvgIpc) is 2.81. The van der Waals surface area contributed by atoms with Crippen LogP contribution in [0.25, 0.3) is 0 Å². The quantitative estimate of drug-likeness (QED) is 0.821. The fourth-order valence-electron chi connectivity index (χ4n) is 2.29. The first-order valence-corrected chi connectivity index (χ1v) is 8.35. The molecular formula is C17H22N2O2S. The van der Waals surface area contributed by atoms with E-state index in [2.05, 4.69) is 6.92 Å². The Balaban J connectivity index is 2.23. The van der Waals surface area contributed by atoms with Crippen molar-refractivity contribution in [3.05, 3.63) is 56.1 Å². The SMILES string of the molecule is CCCCN(C)C(=O)c1sc(=O)n(Cc2ccccc2)c1C. The van der Waals surface area contributed by atoms with E-state index in [-0.39, 0.29) is 10.8 Å². The van der Waals surface area contributed by atoms with Crippen molar-refractivity contribution in [3.8, 4) is 0 Å². The summed E-state index contributed by atoms with van der Waals surface area (Å²) in [5.74, 6) is -0.0557. The van der Waals surface area contributed by atoms with E-state index in [9.17, 15) is 9.59 Å². The van der Waals surface area contributed by atoms with Gasteiger partial charge < -0.3 is 4.90 Å². The first kappa shape index (κ1) is 16.5. The molecular weight excluding hydrogens is 296 g/mol. The number of nitrogens with zero attached hydrogens (tertiary/aromatic N) is 2. The lowest BCUT2D eigenvalue weighted by molar-refractivity contribution is 0.0796. The van der Waals surface area contributed by atoms with Crippen LogP contribution in [0.2, 0.25) is 0 Å². The molecule has 5 heteroatoms. The van der Waals surface area contributed by atoms with Crippen molar-refractivity contribution < 1.29 is 4.79 Å². The smallest absolute Gasteiger partial charge is 0.308 e. The van der Waals surface area contributed by atoms with Crippen molar-refractivity contribution in [1.82, 2.24) is 9.47 Å². The molecule has 0 atom stereocenters. The van der Waals surface area contributed by atoms with Gasteiger partial charge in [0.25, 0.3) is 5.91 Å². The fraction of sp³-hybridized carbons (Fsp3) is 0.412. The highest BCUT2D eigenvalue weighted by molar-refractivity contribution is 7.11. The lowest BCUT2D eigenvalue weighted by Crippen LogP contribution is -2.27. The standard InChI is InChI=1S/C17H22N2O2S/c1-4-5-11-18(3)16(20)15-13(2)19(17(21)22-15)12-14-9-7-6-8-10-14/h6-10H,4-5,11-12H2,1-3H3. The van der Waals surface area contributed by atoms with Gasteiger partial charge in [-0.15, -0.1) is 0 Å². The Kier molecular flexibility index (Phi) is 5.55. The maximum atomic E-state index is 12.5. The maximum absolute atomic E-state index is 12.5. The van der Waals surface area contributed by atoms with Crippen LogP contribution in [0, 0.1) is 6.92 Å². The monoisotopic (exact) mass is 318 g/mol. The Labute approximate surface area is 135 Å². The molecule has 1 heterocycles. The van der Waals surface area contributed by atoms with Crippen molar-refractivity contribution in [2.24, 2.45) is 0 Å². The molecule has 0 unspecified atom stereocenters. The molecule has 2 rings (SSSR count). The Morgan fingerprint density at radius 3 is 2.59 bits per heavy atom. The first-order chi connectivity index (χ1) is 10.5. The third-order valence-electron chi connectivity index (χ3n) is 3.71. The molecule has 2 aromatic rings. The summed E-state index contributed by atoms with van der Waals surface area (Å²) in [6.07, 6.45) is 2.02. The van der Waals surface area contributed by atoms with Gasteiger partial charge in [0.2, 0.25) is 0 Å². The number of thiazole rings is 1. The van der Waals surface area contributed by atoms with Crippen LogP contribution in [0.1, 0.15) is 40.7 Å². The van der Waals surface area contributed by atoms with Crippen LogP contribution in [0.3, 0.4) is 0 Å². The molecule has 0 fully saturated rings. The zero-order valence-corrected chi connectivity index (χ0v) is 14.2. The molecule has 0 radical (unpaired) electrons. The Hall–Kier alpha value is -1.88. The van der Waals surface area contributed by atoms with E-state index in [0.29, 0.717) is 11.4 Å². The minimum Gasteiger partial charge on any atom is -0.341 e. The van der Waals surface area contributed by atoms with E-state index in [4.69, 9.17) is 0 Å². The largest absolute Gasteiger partial charge is 0.341 e. The highest BCUT2D eigenvalue weighted by Gasteiger charge is 2.20. The topological polar surface area (TPSA) is 42.3 Å². The Morgan fingerprint density at radius 2 is 1.95 bits per heavy atom. The van der Waals surface area contributed by atoms with Gasteiger partial charge in [0, 0.05) is 19.3 Å². The lowest BCUT2D eigenvalue weighted by Gasteiger charge is -2.16. The second-order valence-corrected chi connectivity index (χ2v) is 6.40. The number of rotatable bonds is 6. The van der Waals surface area contributed by atoms with E-state index >= 15 is 0 Å². The molecule has 4 nitrogen and oxygen atoms in total. The van der Waals surface area contributed by atoms with Crippen LogP contribution in [-0.4, -0.2) is 29.0 Å². The third kappa shape index (κ3) is 3.65. The molecule has 1 aromatic heterocycles. The summed E-state index contributed by atoms with van der Waals surface area (Å²) in [6.45, 7) is 5.17. The summed E-state index contributed by atoms with van der Waals surface area (Å²) >= 11 is 1.05. The number of hydrogen-bond donors (Lipinski definition) is 0. The van der Waals surface area contributed by atoms with Crippen molar-refractivity contribution in [2.75, 3.05) is 13.6 Å². The predicted molar refractivity (Wildman–Crippen MR) is 90.7 cm³/mol. The number of aromatic nitrogens is 1. The molecule has 118 valence electrons. The summed E-state index contributed by atoms with van der Waals surface area (Å²) in [5, 5.41) is 0. The van der Waals surface area contributed by atoms with E-state index in [1.54, 1.807) is 16.5 Å². The number of carbonyl (C=O) groups is 1. The Bertz CT molecular complexity index is 688. The van der Waals surface area contributed by atoms with Gasteiger partial charge in [-0.25, -0.2) is 0 Å². The zero-order chi connectivity index (χ0) is 16.1. The molecule has 0 aliphatic heterocycles. The van der Waals surface area contributed by atoms with Gasteiger partial charge in [-0.05, 0) is 18.9 Å². The van der Waals surface area contributed by atoms with Gasteiger partial charge in [-0.1, -0.05) is 55.0 Å². The summed E-state index contributed by atoms with van der Waals surface area (Å²) in [5.41, 5.74) is 1.82. The number of carbonyl (C=O) groups excluding carboxylic acids is 1. The summed E-state index contributed by atoms with van der Waals surface area (Å²) < 4.78 is 1.68. The minimum atomic E-state index is -0.0754. The van der Waals surface area contributed by atoms with Gasteiger partial charge >= 0.3 is 4.87 Å². The normalized spacial score (nSPS) is 10.7. The molecule has 0 spiro atoms. The zero-order valence-electron chi connectivity index (χ0n) is 13.3. The van der Waals surface area contributed by atoms with E-state index in [1.807, 2.05) is 37.3 Å². The molecule has 0 saturated heterocycles. The number of benzene rings is 1. The van der Waals surface area contributed by atoms with E-state index in [1.165, 1.54) is 0 Å². The van der Waals surface area contributed by atoms with Crippen LogP contribution in [-0.2, 0) is 6.54 Å². The first-order valence-electron chi connectivity index (χ1n) is 7.54. The van der Waals surface area contributed by atoms with E-state index < -0.39 is 0 Å². The van der Waals surface area contributed by atoms with Crippen molar-refractivity contribution in [2.45, 2.75) is 33.2 Å². The van der Waals surface area contributed by atoms with Gasteiger partial charge in [0.15, 0.2) is 0 Å². The van der Waals surface area contributed by atoms with Crippen LogP contribution < -0.4 is 4.87 Å². The highest BCUT2D eigenvalue weighted by Crippen LogP contribution is 2.16. The van der Waals surface area contributed by atoms with Crippen LogP contribution in [0.15, 0.2) is 35.1 Å². The maximum Gasteiger partial charge on any atom is 0.308 e. The molecule has 0 aliphatic carbocycles. The third-order valence-corrected chi connectivity index (χ3v) is 4.78.